The first-order valence-electron chi connectivity index (χ1n) is 25.7. The number of nitrogens with one attached hydrogen (secondary N) is 3. The third-order valence-corrected chi connectivity index (χ3v) is 14.0. The van der Waals surface area contributed by atoms with Gasteiger partial charge in [0.05, 0.1) is 45.2 Å². The zero-order chi connectivity index (χ0) is 59.3. The summed E-state index contributed by atoms with van der Waals surface area (Å²) in [6.07, 6.45) is -41.4. The Bertz CT molecular complexity index is 2040. The number of nitrogens with zero attached hydrogens (tertiary/aromatic N) is 3. The number of carbonyl (C=O) groups is 4. The van der Waals surface area contributed by atoms with E-state index in [-0.39, 0.29) is 6.61 Å². The maximum absolute atomic E-state index is 12.8. The number of azide groups is 1. The highest BCUT2D eigenvalue weighted by atomic mass is 16.8. The summed E-state index contributed by atoms with van der Waals surface area (Å²) in [7, 11) is 0. The van der Waals surface area contributed by atoms with Crippen LogP contribution in [0.25, 0.3) is 10.4 Å². The van der Waals surface area contributed by atoms with Crippen LogP contribution in [-0.2, 0) is 66.5 Å². The lowest BCUT2D eigenvalue weighted by molar-refractivity contribution is -0.379. The number of hydrogen-bond donors (Lipinski definition) is 18. The van der Waals surface area contributed by atoms with Crippen LogP contribution in [0, 0.1) is 0 Å². The fourth-order valence-electron chi connectivity index (χ4n) is 9.83. The standard InChI is InChI=1S/C45H76N6O29/c1-16(56)48-25-19(59)10-45(44(69)70,80-38(25)28(61)20(60)11-52)72-15-24-29(62)33(66)34(67)42(76-24)78-37-27(50-18(3)58)41(73-21(12-53)30(37)63)79-39-31(64)22(13-54)74-43(35(39)68)77-36-23(14-55)75-40(26(32(36)65)49-17(2)57)71-9-7-5-4-6-8-47-51-46/h19-43,52-55,59-68H,4-15H2,1-3H3,(H,48,56)(H,49,57)(H,50,58)(H,69,70)/t19-,20+,21+,22+,23+,24+,25+,26+,27+,28+,29-,30+,31-,32+,33-,34+,35+,36+,37-,38+,39-,40+,41-,42-,43-,45+/m0/s1. The van der Waals surface area contributed by atoms with E-state index < -0.39 is 222 Å². The second-order valence-electron chi connectivity index (χ2n) is 19.8. The summed E-state index contributed by atoms with van der Waals surface area (Å²) >= 11 is 0. The van der Waals surface area contributed by atoms with Crippen molar-refractivity contribution in [2.45, 2.75) is 212 Å². The third kappa shape index (κ3) is 16.3. The van der Waals surface area contributed by atoms with Crippen molar-refractivity contribution in [3.05, 3.63) is 10.4 Å². The Morgan fingerprint density at radius 2 is 1.14 bits per heavy atom. The van der Waals surface area contributed by atoms with Gasteiger partial charge in [-0.1, -0.05) is 18.0 Å². The van der Waals surface area contributed by atoms with E-state index in [1.807, 2.05) is 0 Å². The summed E-state index contributed by atoms with van der Waals surface area (Å²) in [5, 5.41) is 174. The van der Waals surface area contributed by atoms with Gasteiger partial charge in [0, 0.05) is 45.3 Å². The number of aliphatic hydroxyl groups excluding tert-OH is 14. The van der Waals surface area contributed by atoms with Crippen molar-refractivity contribution < 1.29 is 143 Å². The Labute approximate surface area is 455 Å². The lowest BCUT2D eigenvalue weighted by atomic mass is 9.88. The van der Waals surface area contributed by atoms with E-state index in [4.69, 9.17) is 52.9 Å². The Balaban J connectivity index is 1.37. The van der Waals surface area contributed by atoms with Gasteiger partial charge in [-0.15, -0.1) is 0 Å². The molecule has 3 amide bonds. The molecular formula is C45H76N6O29. The van der Waals surface area contributed by atoms with Crippen LogP contribution in [0.2, 0.25) is 0 Å². The third-order valence-electron chi connectivity index (χ3n) is 14.0. The van der Waals surface area contributed by atoms with E-state index in [9.17, 15) is 95.8 Å². The first kappa shape index (κ1) is 67.0. The Morgan fingerprint density at radius 1 is 0.613 bits per heavy atom. The predicted octanol–water partition coefficient (Wildman–Crippen LogP) is -9.39. The predicted molar refractivity (Wildman–Crippen MR) is 255 cm³/mol. The number of aliphatic hydroxyl groups is 14. The molecule has 0 aromatic rings. The molecule has 5 saturated heterocycles. The number of unbranched alkanes of at least 4 members (excludes halogenated alkanes) is 3. The van der Waals surface area contributed by atoms with Crippen molar-refractivity contribution in [3.8, 4) is 0 Å². The number of ether oxygens (including phenoxy) is 10. The SMILES string of the molecule is CC(=O)N[C@H]1[C@H](OCCCCCCN=[N+]=[N-])O[C@H](CO)[C@@H](O[C@@H]2O[C@H](CO)[C@H](O)[C@H](O[C@@H]3O[C@H](CO)[C@@H](O)[C@@H](O[C@@H]4O[C@H](CO[C@]5(C(=O)O)C[C@H](O)[C@@H](NC(C)=O)[C@H]([C@H](O)[C@H](O)CO)O5)[C@H](O)[C@H](O)[C@H]4O)[C@H]3NC(C)=O)[C@H]2O)[C@@H]1O. The molecule has 0 aromatic carbocycles. The average Bonchev–Trinajstić information content (AvgIpc) is 3.59. The van der Waals surface area contributed by atoms with Crippen LogP contribution in [0.3, 0.4) is 0 Å². The fraction of sp³-hybridized carbons (Fsp3) is 0.911. The van der Waals surface area contributed by atoms with Gasteiger partial charge in [0.2, 0.25) is 17.7 Å². The first-order valence-corrected chi connectivity index (χ1v) is 25.7. The van der Waals surface area contributed by atoms with Crippen molar-refractivity contribution >= 4 is 23.7 Å². The smallest absolute Gasteiger partial charge is 0.364 e. The topological polar surface area (TPSA) is 549 Å². The maximum Gasteiger partial charge on any atom is 0.364 e. The lowest BCUT2D eigenvalue weighted by Crippen LogP contribution is -2.70. The van der Waals surface area contributed by atoms with Crippen molar-refractivity contribution in [3.63, 3.8) is 0 Å². The van der Waals surface area contributed by atoms with Crippen molar-refractivity contribution in [1.29, 1.82) is 0 Å². The zero-order valence-electron chi connectivity index (χ0n) is 43.7. The molecule has 26 atom stereocenters. The van der Waals surface area contributed by atoms with E-state index in [1.165, 1.54) is 0 Å². The Morgan fingerprint density at radius 3 is 1.73 bits per heavy atom. The van der Waals surface area contributed by atoms with Gasteiger partial charge in [-0.05, 0) is 18.4 Å². The van der Waals surface area contributed by atoms with Crippen LogP contribution in [0.1, 0.15) is 52.9 Å². The Kier molecular flexibility index (Phi) is 25.7. The molecule has 5 aliphatic heterocycles. The lowest BCUT2D eigenvalue weighted by Gasteiger charge is -2.50. The number of hydrogen-bond acceptors (Lipinski definition) is 29. The van der Waals surface area contributed by atoms with Gasteiger partial charge < -0.3 is 140 Å². The minimum Gasteiger partial charge on any atom is -0.477 e. The first-order chi connectivity index (χ1) is 37.9. The fourth-order valence-corrected chi connectivity index (χ4v) is 9.83. The van der Waals surface area contributed by atoms with Crippen LogP contribution in [0.15, 0.2) is 5.11 Å². The summed E-state index contributed by atoms with van der Waals surface area (Å²) < 4.78 is 58.2. The number of carboxylic acids is 1. The molecule has 0 aliphatic carbocycles. The van der Waals surface area contributed by atoms with Gasteiger partial charge >= 0.3 is 5.97 Å². The summed E-state index contributed by atoms with van der Waals surface area (Å²) in [6.45, 7) is -1.62. The normalized spacial score (nSPS) is 41.1. The monoisotopic (exact) mass is 1160 g/mol. The number of aliphatic carboxylic acids is 1. The minimum atomic E-state index is -2.99. The molecular weight excluding hydrogens is 1090 g/mol. The molecule has 460 valence electrons. The summed E-state index contributed by atoms with van der Waals surface area (Å²) in [5.74, 6) is -7.28. The van der Waals surface area contributed by atoms with Gasteiger partial charge in [-0.25, -0.2) is 4.79 Å². The molecule has 35 nitrogen and oxygen atoms in total. The highest BCUT2D eigenvalue weighted by Crippen LogP contribution is 2.37. The molecule has 0 spiro atoms. The van der Waals surface area contributed by atoms with E-state index >= 15 is 0 Å². The van der Waals surface area contributed by atoms with Crippen LogP contribution in [0.4, 0.5) is 0 Å². The highest BCUT2D eigenvalue weighted by Gasteiger charge is 2.59. The molecule has 5 heterocycles. The van der Waals surface area contributed by atoms with Gasteiger partial charge in [0.15, 0.2) is 25.2 Å². The molecule has 5 rings (SSSR count). The molecule has 0 aromatic heterocycles. The molecule has 5 fully saturated rings. The molecule has 35 heteroatoms. The summed E-state index contributed by atoms with van der Waals surface area (Å²) in [4.78, 5) is 52.7. The molecule has 0 unspecified atom stereocenters. The summed E-state index contributed by atoms with van der Waals surface area (Å²) in [5.41, 5.74) is 8.47. The van der Waals surface area contributed by atoms with Crippen LogP contribution < -0.4 is 16.0 Å². The number of amides is 3. The second-order valence-corrected chi connectivity index (χ2v) is 19.8. The van der Waals surface area contributed by atoms with Crippen LogP contribution >= 0.6 is 0 Å². The quantitative estimate of drug-likeness (QED) is 0.0157. The van der Waals surface area contributed by atoms with Crippen molar-refractivity contribution in [1.82, 2.24) is 16.0 Å². The van der Waals surface area contributed by atoms with E-state index in [1.54, 1.807) is 0 Å². The van der Waals surface area contributed by atoms with Gasteiger partial charge in [-0.2, -0.15) is 0 Å². The highest BCUT2D eigenvalue weighted by molar-refractivity contribution is 5.77. The number of rotatable bonds is 27. The molecule has 0 radical (unpaired) electrons. The minimum absolute atomic E-state index is 0.0616. The molecule has 0 saturated carbocycles. The van der Waals surface area contributed by atoms with E-state index in [0.717, 1.165) is 20.8 Å². The molecule has 18 N–H and O–H groups in total. The zero-order valence-corrected chi connectivity index (χ0v) is 43.7. The number of carboxylic acid groups (broad SMARTS) is 1. The van der Waals surface area contributed by atoms with Crippen molar-refractivity contribution in [2.75, 3.05) is 46.2 Å². The summed E-state index contributed by atoms with van der Waals surface area (Å²) in [6, 6.07) is -4.79. The Hall–Kier alpha value is -3.77. The number of carbonyl (C=O) groups excluding carboxylic acids is 3. The van der Waals surface area contributed by atoms with E-state index in [0.29, 0.717) is 32.2 Å². The van der Waals surface area contributed by atoms with Gasteiger partial charge in [-0.3, -0.25) is 14.4 Å². The molecule has 0 bridgehead atoms. The second kappa shape index (κ2) is 30.7. The van der Waals surface area contributed by atoms with Crippen molar-refractivity contribution in [2.24, 2.45) is 5.11 Å². The molecule has 5 aliphatic rings. The van der Waals surface area contributed by atoms with Gasteiger partial charge in [0.1, 0.15) is 116 Å². The van der Waals surface area contributed by atoms with Crippen LogP contribution in [-0.4, -0.2) is 305 Å². The largest absolute Gasteiger partial charge is 0.477 e. The maximum atomic E-state index is 12.8. The average molecular weight is 1170 g/mol. The molecule has 80 heavy (non-hydrogen) atoms. The van der Waals surface area contributed by atoms with Gasteiger partial charge in [0.25, 0.3) is 5.79 Å². The van der Waals surface area contributed by atoms with E-state index in [2.05, 4.69) is 26.0 Å². The van der Waals surface area contributed by atoms with Crippen LogP contribution in [0.5, 0.6) is 0 Å².